The van der Waals surface area contributed by atoms with Crippen LogP contribution >= 0.6 is 22.9 Å². The van der Waals surface area contributed by atoms with Crippen molar-refractivity contribution in [1.29, 1.82) is 0 Å². The zero-order valence-corrected chi connectivity index (χ0v) is 22.2. The van der Waals surface area contributed by atoms with E-state index in [2.05, 4.69) is 20.3 Å². The summed E-state index contributed by atoms with van der Waals surface area (Å²) in [5, 5.41) is 2.93. The summed E-state index contributed by atoms with van der Waals surface area (Å²) >= 11 is 7.18. The lowest BCUT2D eigenvalue weighted by molar-refractivity contribution is 0.0303. The van der Waals surface area contributed by atoms with Crippen LogP contribution in [0.4, 0.5) is 11.6 Å². The summed E-state index contributed by atoms with van der Waals surface area (Å²) in [6, 6.07) is 16.3. The fourth-order valence-electron chi connectivity index (χ4n) is 4.17. The molecular weight excluding hydrogens is 524 g/mol. The fraction of sp³-hybridized carbons (Fsp3) is 0.222. The summed E-state index contributed by atoms with van der Waals surface area (Å²) in [6.07, 6.45) is 0.417. The molecule has 11 heteroatoms. The second kappa shape index (κ2) is 11.3. The number of aromatic nitrogens is 3. The van der Waals surface area contributed by atoms with Crippen molar-refractivity contribution in [2.24, 2.45) is 0 Å². The van der Waals surface area contributed by atoms with Gasteiger partial charge in [0.15, 0.2) is 5.82 Å². The fourth-order valence-corrected chi connectivity index (χ4v) is 5.11. The molecule has 0 saturated carbocycles. The SMILES string of the molecule is Cc1c(NC(=O)c2ccc(Cl)s2)cccc1-c1nc(N)nc(Cc2ccc(C(=O)N3CCOCC3)cc2)n1. The number of nitrogen functional groups attached to an aromatic ring is 1. The van der Waals surface area contributed by atoms with Gasteiger partial charge in [-0.1, -0.05) is 35.9 Å². The van der Waals surface area contributed by atoms with E-state index in [0.717, 1.165) is 16.7 Å². The van der Waals surface area contributed by atoms with Gasteiger partial charge in [-0.05, 0) is 48.4 Å². The van der Waals surface area contributed by atoms with Gasteiger partial charge in [0, 0.05) is 36.3 Å². The van der Waals surface area contributed by atoms with Crippen molar-refractivity contribution < 1.29 is 14.3 Å². The maximum absolute atomic E-state index is 12.7. The molecule has 38 heavy (non-hydrogen) atoms. The number of nitrogens with two attached hydrogens (primary N) is 1. The lowest BCUT2D eigenvalue weighted by Crippen LogP contribution is -2.40. The lowest BCUT2D eigenvalue weighted by atomic mass is 10.1. The number of carbonyl (C=O) groups excluding carboxylic acids is 2. The molecule has 0 aliphatic carbocycles. The van der Waals surface area contributed by atoms with Crippen molar-refractivity contribution in [3.63, 3.8) is 0 Å². The molecule has 0 bridgehead atoms. The lowest BCUT2D eigenvalue weighted by Gasteiger charge is -2.26. The molecule has 1 fully saturated rings. The Morgan fingerprint density at radius 1 is 1.05 bits per heavy atom. The largest absolute Gasteiger partial charge is 0.378 e. The van der Waals surface area contributed by atoms with E-state index in [-0.39, 0.29) is 17.8 Å². The second-order valence-electron chi connectivity index (χ2n) is 8.75. The summed E-state index contributed by atoms with van der Waals surface area (Å²) in [5.74, 6) is 0.775. The highest BCUT2D eigenvalue weighted by atomic mass is 35.5. The molecule has 1 aliphatic heterocycles. The zero-order valence-electron chi connectivity index (χ0n) is 20.6. The van der Waals surface area contributed by atoms with Crippen molar-refractivity contribution in [3.05, 3.63) is 86.3 Å². The summed E-state index contributed by atoms with van der Waals surface area (Å²) in [7, 11) is 0. The molecule has 2 amide bonds. The van der Waals surface area contributed by atoms with E-state index in [1.165, 1.54) is 11.3 Å². The van der Waals surface area contributed by atoms with E-state index in [9.17, 15) is 9.59 Å². The van der Waals surface area contributed by atoms with Crippen LogP contribution in [0.1, 0.15) is 37.0 Å². The first-order chi connectivity index (χ1) is 18.4. The molecule has 0 unspecified atom stereocenters. The normalized spacial score (nSPS) is 13.4. The van der Waals surface area contributed by atoms with Crippen LogP contribution in [0, 0.1) is 6.92 Å². The van der Waals surface area contributed by atoms with Crippen LogP contribution < -0.4 is 11.1 Å². The highest BCUT2D eigenvalue weighted by Crippen LogP contribution is 2.28. The van der Waals surface area contributed by atoms with Crippen molar-refractivity contribution in [2.45, 2.75) is 13.3 Å². The van der Waals surface area contributed by atoms with E-state index >= 15 is 0 Å². The first kappa shape index (κ1) is 25.8. The molecule has 5 rings (SSSR count). The predicted octanol–water partition coefficient (Wildman–Crippen LogP) is 4.46. The van der Waals surface area contributed by atoms with E-state index in [1.807, 2.05) is 49.4 Å². The highest BCUT2D eigenvalue weighted by molar-refractivity contribution is 7.18. The number of halogens is 1. The van der Waals surface area contributed by atoms with Crippen LogP contribution in [0.5, 0.6) is 0 Å². The number of hydrogen-bond acceptors (Lipinski definition) is 8. The average Bonchev–Trinajstić information content (AvgIpc) is 3.36. The molecule has 2 aromatic carbocycles. The first-order valence-corrected chi connectivity index (χ1v) is 13.2. The Hall–Kier alpha value is -3.86. The van der Waals surface area contributed by atoms with Gasteiger partial charge in [0.2, 0.25) is 5.95 Å². The Labute approximate surface area is 228 Å². The van der Waals surface area contributed by atoms with E-state index in [1.54, 1.807) is 17.0 Å². The van der Waals surface area contributed by atoms with Gasteiger partial charge in [-0.2, -0.15) is 9.97 Å². The molecule has 9 nitrogen and oxygen atoms in total. The molecule has 1 aliphatic rings. The molecule has 3 heterocycles. The number of amides is 2. The van der Waals surface area contributed by atoms with Gasteiger partial charge in [-0.25, -0.2) is 4.98 Å². The van der Waals surface area contributed by atoms with Crippen LogP contribution in [-0.2, 0) is 11.2 Å². The predicted molar refractivity (Wildman–Crippen MR) is 148 cm³/mol. The van der Waals surface area contributed by atoms with Crippen LogP contribution in [0.2, 0.25) is 4.34 Å². The maximum atomic E-state index is 12.7. The minimum absolute atomic E-state index is 0.00355. The van der Waals surface area contributed by atoms with Gasteiger partial charge in [-0.15, -0.1) is 11.3 Å². The van der Waals surface area contributed by atoms with Gasteiger partial charge in [0.25, 0.3) is 11.8 Å². The van der Waals surface area contributed by atoms with Crippen molar-refractivity contribution >= 4 is 46.4 Å². The summed E-state index contributed by atoms with van der Waals surface area (Å²) in [5.41, 5.74) is 9.77. The van der Waals surface area contributed by atoms with Crippen molar-refractivity contribution in [2.75, 3.05) is 37.4 Å². The summed E-state index contributed by atoms with van der Waals surface area (Å²) < 4.78 is 5.88. The van der Waals surface area contributed by atoms with Crippen LogP contribution in [-0.4, -0.2) is 58.0 Å². The molecule has 3 N–H and O–H groups in total. The monoisotopic (exact) mass is 548 g/mol. The van der Waals surface area contributed by atoms with Crippen LogP contribution in [0.3, 0.4) is 0 Å². The van der Waals surface area contributed by atoms with Gasteiger partial charge >= 0.3 is 0 Å². The number of nitrogens with one attached hydrogen (secondary N) is 1. The van der Waals surface area contributed by atoms with Gasteiger partial charge in [0.05, 0.1) is 22.4 Å². The van der Waals surface area contributed by atoms with E-state index < -0.39 is 0 Å². The smallest absolute Gasteiger partial charge is 0.265 e. The first-order valence-electron chi connectivity index (χ1n) is 12.0. The standard InChI is InChI=1S/C27H25ClN6O3S/c1-16-19(3-2-4-20(16)30-25(35)21-9-10-22(28)38-21)24-31-23(32-27(29)33-24)15-17-5-7-18(8-6-17)26(36)34-11-13-37-14-12-34/h2-10H,11-15H2,1H3,(H,30,35)(H2,29,31,32,33). The van der Waals surface area contributed by atoms with E-state index in [4.69, 9.17) is 22.1 Å². The number of hydrogen-bond donors (Lipinski definition) is 2. The number of carbonyl (C=O) groups is 2. The Morgan fingerprint density at radius 2 is 1.82 bits per heavy atom. The van der Waals surface area contributed by atoms with Crippen LogP contribution in [0.15, 0.2) is 54.6 Å². The maximum Gasteiger partial charge on any atom is 0.265 e. The zero-order chi connectivity index (χ0) is 26.6. The third-order valence-corrected chi connectivity index (χ3v) is 7.41. The third kappa shape index (κ3) is 5.83. The second-order valence-corrected chi connectivity index (χ2v) is 10.5. The van der Waals surface area contributed by atoms with Crippen molar-refractivity contribution in [3.8, 4) is 11.4 Å². The Balaban J connectivity index is 1.34. The number of ether oxygens (including phenoxy) is 1. The quantitative estimate of drug-likeness (QED) is 0.364. The molecular formula is C27H25ClN6O3S. The number of benzene rings is 2. The Bertz CT molecular complexity index is 1480. The molecule has 4 aromatic rings. The third-order valence-electron chi connectivity index (χ3n) is 6.18. The molecule has 0 spiro atoms. The van der Waals surface area contributed by atoms with E-state index in [0.29, 0.717) is 64.8 Å². The molecule has 0 radical (unpaired) electrons. The Kier molecular flexibility index (Phi) is 7.64. The summed E-state index contributed by atoms with van der Waals surface area (Å²) in [6.45, 7) is 4.20. The average molecular weight is 549 g/mol. The van der Waals surface area contributed by atoms with Crippen molar-refractivity contribution in [1.82, 2.24) is 19.9 Å². The van der Waals surface area contributed by atoms with Gasteiger partial charge in [0.1, 0.15) is 5.82 Å². The topological polar surface area (TPSA) is 123 Å². The Morgan fingerprint density at radius 3 is 2.53 bits per heavy atom. The number of rotatable bonds is 6. The number of nitrogens with zero attached hydrogens (tertiary/aromatic N) is 4. The molecule has 2 aromatic heterocycles. The van der Waals surface area contributed by atoms with Crippen LogP contribution in [0.25, 0.3) is 11.4 Å². The summed E-state index contributed by atoms with van der Waals surface area (Å²) in [4.78, 5) is 41.0. The number of thiophene rings is 1. The molecule has 194 valence electrons. The minimum atomic E-state index is -0.242. The number of morpholine rings is 1. The minimum Gasteiger partial charge on any atom is -0.378 e. The molecule has 0 atom stereocenters. The van der Waals surface area contributed by atoms with Gasteiger partial charge in [-0.3, -0.25) is 9.59 Å². The molecule has 1 saturated heterocycles. The highest BCUT2D eigenvalue weighted by Gasteiger charge is 2.19. The van der Waals surface area contributed by atoms with Gasteiger partial charge < -0.3 is 20.7 Å². The number of anilines is 2.